The van der Waals surface area contributed by atoms with E-state index in [1.165, 1.54) is 18.7 Å². The minimum atomic E-state index is 0.573. The van der Waals surface area contributed by atoms with Crippen molar-refractivity contribution in [3.05, 3.63) is 51.5 Å². The molecular weight excluding hydrogens is 369 g/mol. The molecule has 0 fully saturated rings. The summed E-state index contributed by atoms with van der Waals surface area (Å²) >= 11 is 12.1. The van der Waals surface area contributed by atoms with Crippen molar-refractivity contribution in [2.45, 2.75) is 38.8 Å². The Morgan fingerprint density at radius 2 is 2.15 bits per heavy atom. The quantitative estimate of drug-likeness (QED) is 0.620. The predicted molar refractivity (Wildman–Crippen MR) is 108 cm³/mol. The molecule has 0 radical (unpaired) electrons. The van der Waals surface area contributed by atoms with Gasteiger partial charge in [-0.3, -0.25) is 4.99 Å². The SMILES string of the molecule is CN=C(NCCc1cn2c(n1)CCCC2)N(C)Cc1ccc(Cl)c(Cl)c1. The fourth-order valence-corrected chi connectivity index (χ4v) is 3.59. The fourth-order valence-electron chi connectivity index (χ4n) is 3.27. The number of hydrogen-bond acceptors (Lipinski definition) is 2. The van der Waals surface area contributed by atoms with Crippen molar-refractivity contribution < 1.29 is 0 Å². The smallest absolute Gasteiger partial charge is 0.193 e. The summed E-state index contributed by atoms with van der Waals surface area (Å²) in [4.78, 5) is 11.2. The molecule has 0 unspecified atom stereocenters. The van der Waals surface area contributed by atoms with Crippen LogP contribution in [0.5, 0.6) is 0 Å². The average Bonchev–Trinajstić information content (AvgIpc) is 3.04. The largest absolute Gasteiger partial charge is 0.356 e. The average molecular weight is 394 g/mol. The summed E-state index contributed by atoms with van der Waals surface area (Å²) in [5.41, 5.74) is 2.24. The van der Waals surface area contributed by atoms with Crippen LogP contribution in [0.4, 0.5) is 0 Å². The van der Waals surface area contributed by atoms with Crippen LogP contribution in [-0.2, 0) is 25.9 Å². The number of aliphatic imine (C=N–C) groups is 1. The lowest BCUT2D eigenvalue weighted by Crippen LogP contribution is -2.39. The van der Waals surface area contributed by atoms with E-state index in [4.69, 9.17) is 28.2 Å². The standard InChI is InChI=1S/C19H25Cl2N5/c1-22-19(25(2)12-14-6-7-16(20)17(21)11-14)23-9-8-15-13-26-10-4-3-5-18(26)24-15/h6-7,11,13H,3-5,8-10,12H2,1-2H3,(H,22,23). The van der Waals surface area contributed by atoms with Gasteiger partial charge in [-0.15, -0.1) is 0 Å². The molecule has 3 rings (SSSR count). The van der Waals surface area contributed by atoms with E-state index in [9.17, 15) is 0 Å². The number of nitrogens with zero attached hydrogens (tertiary/aromatic N) is 4. The minimum absolute atomic E-state index is 0.573. The Bertz CT molecular complexity index is 761. The van der Waals surface area contributed by atoms with Gasteiger partial charge in [0.2, 0.25) is 0 Å². The molecule has 0 amide bonds. The molecule has 5 nitrogen and oxygen atoms in total. The second-order valence-corrected chi connectivity index (χ2v) is 7.44. The molecule has 1 N–H and O–H groups in total. The first-order valence-corrected chi connectivity index (χ1v) is 9.73. The van der Waals surface area contributed by atoms with Gasteiger partial charge in [0.15, 0.2) is 5.96 Å². The van der Waals surface area contributed by atoms with Crippen LogP contribution in [0, 0.1) is 0 Å². The molecule has 26 heavy (non-hydrogen) atoms. The van der Waals surface area contributed by atoms with E-state index in [2.05, 4.69) is 26.0 Å². The van der Waals surface area contributed by atoms with Crippen molar-refractivity contribution in [1.29, 1.82) is 0 Å². The molecule has 1 aromatic carbocycles. The Kier molecular flexibility index (Phi) is 6.43. The maximum atomic E-state index is 6.10. The van der Waals surface area contributed by atoms with Gasteiger partial charge < -0.3 is 14.8 Å². The zero-order valence-corrected chi connectivity index (χ0v) is 16.8. The number of halogens is 2. The van der Waals surface area contributed by atoms with Gasteiger partial charge in [0.1, 0.15) is 5.82 Å². The van der Waals surface area contributed by atoms with Crippen LogP contribution in [0.15, 0.2) is 29.4 Å². The number of imidazole rings is 1. The van der Waals surface area contributed by atoms with Gasteiger partial charge in [-0.25, -0.2) is 4.98 Å². The van der Waals surface area contributed by atoms with E-state index < -0.39 is 0 Å². The molecule has 2 heterocycles. The van der Waals surface area contributed by atoms with Crippen molar-refractivity contribution in [1.82, 2.24) is 19.8 Å². The van der Waals surface area contributed by atoms with Gasteiger partial charge in [-0.05, 0) is 30.5 Å². The van der Waals surface area contributed by atoms with Crippen LogP contribution >= 0.6 is 23.2 Å². The summed E-state index contributed by atoms with van der Waals surface area (Å²) in [6.45, 7) is 2.61. The van der Waals surface area contributed by atoms with E-state index in [-0.39, 0.29) is 0 Å². The normalized spacial score (nSPS) is 14.2. The number of fused-ring (bicyclic) bond motifs is 1. The third-order valence-corrected chi connectivity index (χ3v) is 5.34. The lowest BCUT2D eigenvalue weighted by atomic mass is 10.2. The fraction of sp³-hybridized carbons (Fsp3) is 0.474. The van der Waals surface area contributed by atoms with Gasteiger partial charge in [0, 0.05) is 52.8 Å². The van der Waals surface area contributed by atoms with Gasteiger partial charge in [0.05, 0.1) is 15.7 Å². The summed E-state index contributed by atoms with van der Waals surface area (Å²) in [6, 6.07) is 5.70. The molecule has 0 aliphatic carbocycles. The molecule has 140 valence electrons. The third kappa shape index (κ3) is 4.71. The van der Waals surface area contributed by atoms with Crippen molar-refractivity contribution in [3.8, 4) is 0 Å². The highest BCUT2D eigenvalue weighted by Crippen LogP contribution is 2.23. The molecule has 0 spiro atoms. The zero-order chi connectivity index (χ0) is 18.5. The van der Waals surface area contributed by atoms with Gasteiger partial charge in [0.25, 0.3) is 0 Å². The minimum Gasteiger partial charge on any atom is -0.356 e. The molecule has 0 atom stereocenters. The Hall–Kier alpha value is -1.72. The summed E-state index contributed by atoms with van der Waals surface area (Å²) in [5, 5.41) is 4.56. The van der Waals surface area contributed by atoms with E-state index >= 15 is 0 Å². The molecule has 0 bridgehead atoms. The van der Waals surface area contributed by atoms with Crippen LogP contribution in [-0.4, -0.2) is 41.1 Å². The van der Waals surface area contributed by atoms with E-state index in [0.717, 1.165) is 43.1 Å². The maximum absolute atomic E-state index is 6.10. The number of nitrogens with one attached hydrogen (secondary N) is 1. The lowest BCUT2D eigenvalue weighted by molar-refractivity contribution is 0.477. The van der Waals surface area contributed by atoms with E-state index in [1.54, 1.807) is 7.05 Å². The summed E-state index contributed by atoms with van der Waals surface area (Å²) in [6.07, 6.45) is 6.69. The van der Waals surface area contributed by atoms with Gasteiger partial charge in [-0.2, -0.15) is 0 Å². The number of guanidine groups is 1. The van der Waals surface area contributed by atoms with Crippen molar-refractivity contribution in [2.75, 3.05) is 20.6 Å². The first kappa shape index (κ1) is 19.1. The second-order valence-electron chi connectivity index (χ2n) is 6.63. The number of hydrogen-bond donors (Lipinski definition) is 1. The summed E-state index contributed by atoms with van der Waals surface area (Å²) in [5.74, 6) is 2.08. The molecule has 7 heteroatoms. The van der Waals surface area contributed by atoms with Crippen molar-refractivity contribution >= 4 is 29.2 Å². The molecule has 1 aromatic heterocycles. The molecule has 1 aliphatic heterocycles. The second kappa shape index (κ2) is 8.78. The number of rotatable bonds is 5. The first-order valence-electron chi connectivity index (χ1n) is 8.97. The Balaban J connectivity index is 1.52. The van der Waals surface area contributed by atoms with Crippen molar-refractivity contribution in [2.24, 2.45) is 4.99 Å². The first-order chi connectivity index (χ1) is 12.6. The summed E-state index contributed by atoms with van der Waals surface area (Å²) in [7, 11) is 3.80. The van der Waals surface area contributed by atoms with E-state index in [0.29, 0.717) is 16.6 Å². The van der Waals surface area contributed by atoms with Crippen LogP contribution in [0.1, 0.15) is 29.9 Å². The van der Waals surface area contributed by atoms with Crippen LogP contribution in [0.25, 0.3) is 0 Å². The van der Waals surface area contributed by atoms with E-state index in [1.807, 2.05) is 25.2 Å². The Morgan fingerprint density at radius 1 is 1.31 bits per heavy atom. The molecular formula is C19H25Cl2N5. The lowest BCUT2D eigenvalue weighted by Gasteiger charge is -2.22. The third-order valence-electron chi connectivity index (χ3n) is 4.60. The topological polar surface area (TPSA) is 45.5 Å². The van der Waals surface area contributed by atoms with Gasteiger partial charge in [-0.1, -0.05) is 29.3 Å². The van der Waals surface area contributed by atoms with Crippen LogP contribution < -0.4 is 5.32 Å². The number of aryl methyl sites for hydroxylation is 2. The Labute approximate surface area is 165 Å². The Morgan fingerprint density at radius 3 is 2.88 bits per heavy atom. The number of benzene rings is 1. The van der Waals surface area contributed by atoms with Gasteiger partial charge >= 0.3 is 0 Å². The van der Waals surface area contributed by atoms with Crippen LogP contribution in [0.2, 0.25) is 10.0 Å². The molecule has 1 aliphatic rings. The highest BCUT2D eigenvalue weighted by Gasteiger charge is 2.12. The molecule has 0 saturated heterocycles. The molecule has 2 aromatic rings. The highest BCUT2D eigenvalue weighted by atomic mass is 35.5. The maximum Gasteiger partial charge on any atom is 0.193 e. The monoisotopic (exact) mass is 393 g/mol. The van der Waals surface area contributed by atoms with Crippen molar-refractivity contribution in [3.63, 3.8) is 0 Å². The van der Waals surface area contributed by atoms with Crippen LogP contribution in [0.3, 0.4) is 0 Å². The highest BCUT2D eigenvalue weighted by molar-refractivity contribution is 6.42. The zero-order valence-electron chi connectivity index (χ0n) is 15.3. The number of aromatic nitrogens is 2. The molecule has 0 saturated carbocycles. The summed E-state index contributed by atoms with van der Waals surface area (Å²) < 4.78 is 2.30. The predicted octanol–water partition coefficient (Wildman–Crippen LogP) is 3.78.